The second-order valence-electron chi connectivity index (χ2n) is 3.45. The summed E-state index contributed by atoms with van der Waals surface area (Å²) >= 11 is 1.34. The Balaban J connectivity index is 2.75. The number of carbonyl (C=O) groups excluding carboxylic acids is 1. The Hall–Kier alpha value is -1.23. The maximum absolute atomic E-state index is 13.5. The fourth-order valence-electron chi connectivity index (χ4n) is 1.46. The average molecular weight is 256 g/mol. The van der Waals surface area contributed by atoms with E-state index in [0.29, 0.717) is 23.7 Å². The molecule has 0 aliphatic rings. The minimum Gasteiger partial charge on any atom is -0.325 e. The van der Waals surface area contributed by atoms with Crippen molar-refractivity contribution in [2.45, 2.75) is 18.7 Å². The predicted octanol–water partition coefficient (Wildman–Crippen LogP) is 3.42. The van der Waals surface area contributed by atoms with E-state index in [-0.39, 0.29) is 11.8 Å². The quantitative estimate of drug-likeness (QED) is 0.837. The topological polar surface area (TPSA) is 32.3 Å². The molecule has 0 unspecified atom stereocenters. The third-order valence-electron chi connectivity index (χ3n) is 2.45. The van der Waals surface area contributed by atoms with Gasteiger partial charge in [0.15, 0.2) is 0 Å². The molecule has 0 saturated heterocycles. The highest BCUT2D eigenvalue weighted by Gasteiger charge is 2.10. The van der Waals surface area contributed by atoms with Crippen LogP contribution in [0.3, 0.4) is 0 Å². The summed E-state index contributed by atoms with van der Waals surface area (Å²) in [6.45, 7) is 5.07. The van der Waals surface area contributed by atoms with Gasteiger partial charge in [-0.25, -0.2) is 9.18 Å². The Morgan fingerprint density at radius 1 is 1.41 bits per heavy atom. The summed E-state index contributed by atoms with van der Waals surface area (Å²) in [5, 5.41) is 2.67. The molecule has 0 atom stereocenters. The minimum atomic E-state index is -0.310. The fourth-order valence-corrected chi connectivity index (χ4v) is 1.92. The Bertz CT molecular complexity index is 394. The number of nitrogens with zero attached hydrogens (tertiary/aromatic N) is 1. The lowest BCUT2D eigenvalue weighted by atomic mass is 10.3. The molecule has 0 radical (unpaired) electrons. The van der Waals surface area contributed by atoms with E-state index >= 15 is 0 Å². The third kappa shape index (κ3) is 3.63. The molecule has 5 heteroatoms. The zero-order valence-electron chi connectivity index (χ0n) is 10.3. The van der Waals surface area contributed by atoms with Crippen molar-refractivity contribution in [2.75, 3.05) is 24.7 Å². The molecule has 0 aromatic heterocycles. The van der Waals surface area contributed by atoms with Crippen molar-refractivity contribution in [1.29, 1.82) is 0 Å². The molecule has 3 nitrogen and oxygen atoms in total. The molecule has 0 heterocycles. The van der Waals surface area contributed by atoms with E-state index in [0.717, 1.165) is 0 Å². The number of halogens is 1. The summed E-state index contributed by atoms with van der Waals surface area (Å²) in [7, 11) is 0. The van der Waals surface area contributed by atoms with Crippen molar-refractivity contribution in [3.8, 4) is 0 Å². The molecular formula is C12H17FN2OS. The number of amides is 2. The SMILES string of the molecule is CCN(CC)C(=O)Nc1ccc(SC)c(F)c1. The van der Waals surface area contributed by atoms with E-state index in [2.05, 4.69) is 5.32 Å². The van der Waals surface area contributed by atoms with Gasteiger partial charge in [0.1, 0.15) is 5.82 Å². The number of benzene rings is 1. The van der Waals surface area contributed by atoms with Crippen molar-refractivity contribution in [2.24, 2.45) is 0 Å². The van der Waals surface area contributed by atoms with Crippen LogP contribution in [0.5, 0.6) is 0 Å². The Morgan fingerprint density at radius 2 is 2.06 bits per heavy atom. The summed E-state index contributed by atoms with van der Waals surface area (Å²) < 4.78 is 13.5. The number of rotatable bonds is 4. The summed E-state index contributed by atoms with van der Waals surface area (Å²) in [5.41, 5.74) is 0.484. The Labute approximate surface area is 105 Å². The van der Waals surface area contributed by atoms with E-state index < -0.39 is 0 Å². The van der Waals surface area contributed by atoms with Crippen molar-refractivity contribution in [3.05, 3.63) is 24.0 Å². The normalized spacial score (nSPS) is 10.1. The molecule has 2 amide bonds. The molecule has 0 aliphatic carbocycles. The van der Waals surface area contributed by atoms with Crippen molar-refractivity contribution >= 4 is 23.5 Å². The largest absolute Gasteiger partial charge is 0.325 e. The summed E-state index contributed by atoms with van der Waals surface area (Å²) in [4.78, 5) is 13.9. The van der Waals surface area contributed by atoms with Gasteiger partial charge in [-0.15, -0.1) is 11.8 Å². The lowest BCUT2D eigenvalue weighted by Gasteiger charge is -2.19. The number of hydrogen-bond acceptors (Lipinski definition) is 2. The second kappa shape index (κ2) is 6.49. The van der Waals surface area contributed by atoms with Gasteiger partial charge in [0.05, 0.1) is 0 Å². The molecule has 0 saturated carbocycles. The van der Waals surface area contributed by atoms with Crippen LogP contribution in [-0.2, 0) is 0 Å². The molecule has 0 aliphatic heterocycles. The van der Waals surface area contributed by atoms with Crippen molar-refractivity contribution in [1.82, 2.24) is 4.90 Å². The number of carbonyl (C=O) groups is 1. The van der Waals surface area contributed by atoms with Gasteiger partial charge < -0.3 is 10.2 Å². The molecular weight excluding hydrogens is 239 g/mol. The van der Waals surface area contributed by atoms with Gasteiger partial charge in [0.2, 0.25) is 0 Å². The first kappa shape index (κ1) is 13.8. The molecule has 17 heavy (non-hydrogen) atoms. The molecule has 94 valence electrons. The smallest absolute Gasteiger partial charge is 0.321 e. The number of urea groups is 1. The molecule has 1 rings (SSSR count). The third-order valence-corrected chi connectivity index (χ3v) is 3.22. The van der Waals surface area contributed by atoms with Crippen molar-refractivity contribution in [3.63, 3.8) is 0 Å². The number of hydrogen-bond donors (Lipinski definition) is 1. The first-order valence-electron chi connectivity index (χ1n) is 5.51. The molecule has 0 fully saturated rings. The number of nitrogens with one attached hydrogen (secondary N) is 1. The van der Waals surface area contributed by atoms with E-state index in [1.54, 1.807) is 17.0 Å². The molecule has 1 N–H and O–H groups in total. The lowest BCUT2D eigenvalue weighted by molar-refractivity contribution is 0.217. The van der Waals surface area contributed by atoms with E-state index in [4.69, 9.17) is 0 Å². The van der Waals surface area contributed by atoms with Crippen LogP contribution < -0.4 is 5.32 Å². The fraction of sp³-hybridized carbons (Fsp3) is 0.417. The Morgan fingerprint density at radius 3 is 2.53 bits per heavy atom. The first-order chi connectivity index (χ1) is 8.12. The van der Waals surface area contributed by atoms with Crippen LogP contribution in [0.4, 0.5) is 14.9 Å². The van der Waals surface area contributed by atoms with Gasteiger partial charge in [-0.1, -0.05) is 0 Å². The van der Waals surface area contributed by atoms with Gasteiger partial charge in [-0.2, -0.15) is 0 Å². The Kier molecular flexibility index (Phi) is 5.28. The van der Waals surface area contributed by atoms with Gasteiger partial charge in [-0.3, -0.25) is 0 Å². The second-order valence-corrected chi connectivity index (χ2v) is 4.30. The zero-order valence-corrected chi connectivity index (χ0v) is 11.1. The molecule has 0 spiro atoms. The lowest BCUT2D eigenvalue weighted by Crippen LogP contribution is -2.34. The number of thioether (sulfide) groups is 1. The highest BCUT2D eigenvalue weighted by molar-refractivity contribution is 7.98. The summed E-state index contributed by atoms with van der Waals surface area (Å²) in [6.07, 6.45) is 1.81. The van der Waals surface area contributed by atoms with Gasteiger partial charge in [0.25, 0.3) is 0 Å². The minimum absolute atomic E-state index is 0.202. The number of anilines is 1. The molecule has 1 aromatic carbocycles. The van der Waals surface area contributed by atoms with E-state index in [1.165, 1.54) is 17.8 Å². The summed E-state index contributed by atoms with van der Waals surface area (Å²) in [6, 6.07) is 4.51. The van der Waals surface area contributed by atoms with Crippen LogP contribution in [0.2, 0.25) is 0 Å². The molecule has 1 aromatic rings. The van der Waals surface area contributed by atoms with Crippen LogP contribution in [0.15, 0.2) is 23.1 Å². The van der Waals surface area contributed by atoms with Crippen LogP contribution in [-0.4, -0.2) is 30.3 Å². The zero-order chi connectivity index (χ0) is 12.8. The van der Waals surface area contributed by atoms with Crippen LogP contribution in [0.1, 0.15) is 13.8 Å². The standard InChI is InChI=1S/C12H17FN2OS/c1-4-15(5-2)12(16)14-9-6-7-11(17-3)10(13)8-9/h6-8H,4-5H2,1-3H3,(H,14,16). The molecule has 0 bridgehead atoms. The van der Waals surface area contributed by atoms with Gasteiger partial charge in [-0.05, 0) is 38.3 Å². The highest BCUT2D eigenvalue weighted by Crippen LogP contribution is 2.22. The predicted molar refractivity (Wildman–Crippen MR) is 70.1 cm³/mol. The van der Waals surface area contributed by atoms with E-state index in [1.807, 2.05) is 20.1 Å². The van der Waals surface area contributed by atoms with Crippen LogP contribution in [0, 0.1) is 5.82 Å². The van der Waals surface area contributed by atoms with Gasteiger partial charge in [0, 0.05) is 23.7 Å². The maximum atomic E-state index is 13.5. The first-order valence-corrected chi connectivity index (χ1v) is 6.74. The maximum Gasteiger partial charge on any atom is 0.321 e. The highest BCUT2D eigenvalue weighted by atomic mass is 32.2. The monoisotopic (exact) mass is 256 g/mol. The van der Waals surface area contributed by atoms with Gasteiger partial charge >= 0.3 is 6.03 Å². The average Bonchev–Trinajstić information content (AvgIpc) is 2.31. The van der Waals surface area contributed by atoms with Crippen molar-refractivity contribution < 1.29 is 9.18 Å². The van der Waals surface area contributed by atoms with Crippen LogP contribution >= 0.6 is 11.8 Å². The summed E-state index contributed by atoms with van der Waals surface area (Å²) in [5.74, 6) is -0.310. The van der Waals surface area contributed by atoms with Crippen LogP contribution in [0.25, 0.3) is 0 Å². The van der Waals surface area contributed by atoms with E-state index in [9.17, 15) is 9.18 Å².